The van der Waals surface area contributed by atoms with Crippen molar-refractivity contribution < 1.29 is 0 Å². The van der Waals surface area contributed by atoms with Gasteiger partial charge >= 0.3 is 0 Å². The molecule has 17 heavy (non-hydrogen) atoms. The maximum Gasteiger partial charge on any atom is 0.0371 e. The molecular formula is C15H24N2. The van der Waals surface area contributed by atoms with Gasteiger partial charge in [0.05, 0.1) is 0 Å². The average molecular weight is 232 g/mol. The fraction of sp³-hybridized carbons (Fsp3) is 0.600. The zero-order valence-electron chi connectivity index (χ0n) is 11.2. The van der Waals surface area contributed by atoms with Gasteiger partial charge in [-0.05, 0) is 57.7 Å². The highest BCUT2D eigenvalue weighted by molar-refractivity contribution is 5.50. The normalized spacial score (nSPS) is 26.9. The fourth-order valence-electron chi connectivity index (χ4n) is 2.88. The first-order valence-corrected chi connectivity index (χ1v) is 6.73. The number of benzene rings is 1. The third kappa shape index (κ3) is 2.63. The van der Waals surface area contributed by atoms with Crippen LogP contribution in [0.4, 0.5) is 5.69 Å². The van der Waals surface area contributed by atoms with Crippen molar-refractivity contribution in [3.05, 3.63) is 29.8 Å². The maximum absolute atomic E-state index is 5.88. The summed E-state index contributed by atoms with van der Waals surface area (Å²) in [5.41, 5.74) is 8.44. The Hall–Kier alpha value is -1.02. The largest absolute Gasteiger partial charge is 0.366 e. The third-order valence-corrected chi connectivity index (χ3v) is 3.91. The van der Waals surface area contributed by atoms with E-state index >= 15 is 0 Å². The molecule has 0 aliphatic carbocycles. The number of hydrogen-bond donors (Lipinski definition) is 1. The monoisotopic (exact) mass is 232 g/mol. The average Bonchev–Trinajstić information content (AvgIpc) is 2.29. The molecule has 0 radical (unpaired) electrons. The molecule has 0 aromatic heterocycles. The number of nitrogens with two attached hydrogens (primary N) is 1. The first kappa shape index (κ1) is 12.4. The molecule has 94 valence electrons. The first-order valence-electron chi connectivity index (χ1n) is 6.73. The summed E-state index contributed by atoms with van der Waals surface area (Å²) in [7, 11) is 0. The summed E-state index contributed by atoms with van der Waals surface area (Å²) in [6, 6.07) is 10.2. The van der Waals surface area contributed by atoms with Gasteiger partial charge in [-0.1, -0.05) is 12.1 Å². The predicted octanol–water partition coefficient (Wildman–Crippen LogP) is 3.47. The van der Waals surface area contributed by atoms with Crippen LogP contribution in [-0.2, 0) is 0 Å². The van der Waals surface area contributed by atoms with Crippen LogP contribution in [0.3, 0.4) is 0 Å². The topological polar surface area (TPSA) is 29.3 Å². The first-order chi connectivity index (χ1) is 8.09. The van der Waals surface area contributed by atoms with Crippen molar-refractivity contribution in [2.75, 3.05) is 4.90 Å². The summed E-state index contributed by atoms with van der Waals surface area (Å²) < 4.78 is 0. The number of hydrogen-bond acceptors (Lipinski definition) is 2. The Morgan fingerprint density at radius 1 is 1.12 bits per heavy atom. The smallest absolute Gasteiger partial charge is 0.0371 e. The van der Waals surface area contributed by atoms with Gasteiger partial charge in [-0.2, -0.15) is 0 Å². The van der Waals surface area contributed by atoms with E-state index in [1.54, 1.807) is 0 Å². The van der Waals surface area contributed by atoms with Crippen LogP contribution in [0, 0.1) is 0 Å². The quantitative estimate of drug-likeness (QED) is 0.846. The minimum absolute atomic E-state index is 0.125. The summed E-state index contributed by atoms with van der Waals surface area (Å²) in [5.74, 6) is 0. The summed E-state index contributed by atoms with van der Waals surface area (Å²) in [5, 5.41) is 0. The molecule has 1 fully saturated rings. The van der Waals surface area contributed by atoms with Crippen molar-refractivity contribution >= 4 is 5.69 Å². The lowest BCUT2D eigenvalue weighted by molar-refractivity contribution is 0.414. The van der Waals surface area contributed by atoms with Crippen LogP contribution in [0.2, 0.25) is 0 Å². The Morgan fingerprint density at radius 3 is 2.12 bits per heavy atom. The fourth-order valence-corrected chi connectivity index (χ4v) is 2.88. The predicted molar refractivity (Wildman–Crippen MR) is 74.3 cm³/mol. The van der Waals surface area contributed by atoms with Gasteiger partial charge in [0.15, 0.2) is 0 Å². The molecule has 1 aliphatic rings. The summed E-state index contributed by atoms with van der Waals surface area (Å²) >= 11 is 0. The van der Waals surface area contributed by atoms with Crippen molar-refractivity contribution in [1.82, 2.24) is 0 Å². The van der Waals surface area contributed by atoms with E-state index in [0.29, 0.717) is 12.1 Å². The number of piperidine rings is 1. The molecule has 2 rings (SSSR count). The third-order valence-electron chi connectivity index (χ3n) is 3.91. The minimum Gasteiger partial charge on any atom is -0.366 e. The molecule has 2 nitrogen and oxygen atoms in total. The van der Waals surface area contributed by atoms with Gasteiger partial charge < -0.3 is 10.6 Å². The molecule has 1 heterocycles. The molecular weight excluding hydrogens is 208 g/mol. The second-order valence-electron chi connectivity index (χ2n) is 5.42. The zero-order chi connectivity index (χ0) is 12.4. The van der Waals surface area contributed by atoms with Gasteiger partial charge in [-0.15, -0.1) is 0 Å². The van der Waals surface area contributed by atoms with Gasteiger partial charge in [0, 0.05) is 23.8 Å². The van der Waals surface area contributed by atoms with E-state index in [1.165, 1.54) is 30.5 Å². The van der Waals surface area contributed by atoms with Crippen LogP contribution in [0.1, 0.15) is 51.6 Å². The van der Waals surface area contributed by atoms with E-state index in [-0.39, 0.29) is 6.04 Å². The highest BCUT2D eigenvalue weighted by atomic mass is 15.2. The Balaban J connectivity index is 2.20. The van der Waals surface area contributed by atoms with Crippen LogP contribution in [0.25, 0.3) is 0 Å². The molecule has 1 saturated heterocycles. The summed E-state index contributed by atoms with van der Waals surface area (Å²) in [4.78, 5) is 2.55. The van der Waals surface area contributed by atoms with E-state index in [4.69, 9.17) is 5.73 Å². The highest BCUT2D eigenvalue weighted by Gasteiger charge is 2.24. The van der Waals surface area contributed by atoms with E-state index in [9.17, 15) is 0 Å². The Labute approximate surface area is 105 Å². The number of rotatable bonds is 2. The van der Waals surface area contributed by atoms with Crippen molar-refractivity contribution in [2.24, 2.45) is 5.73 Å². The summed E-state index contributed by atoms with van der Waals surface area (Å²) in [6.07, 6.45) is 3.97. The lowest BCUT2D eigenvalue weighted by Gasteiger charge is -2.41. The van der Waals surface area contributed by atoms with Crippen molar-refractivity contribution in [3.8, 4) is 0 Å². The van der Waals surface area contributed by atoms with Crippen LogP contribution in [0.5, 0.6) is 0 Å². The molecule has 0 amide bonds. The van der Waals surface area contributed by atoms with Crippen LogP contribution >= 0.6 is 0 Å². The Morgan fingerprint density at radius 2 is 1.65 bits per heavy atom. The lowest BCUT2D eigenvalue weighted by atomic mass is 9.96. The van der Waals surface area contributed by atoms with E-state index in [0.717, 1.165) is 0 Å². The molecule has 0 saturated carbocycles. The van der Waals surface area contributed by atoms with Gasteiger partial charge in [-0.3, -0.25) is 0 Å². The summed E-state index contributed by atoms with van der Waals surface area (Å²) in [6.45, 7) is 6.69. The second kappa shape index (κ2) is 5.09. The zero-order valence-corrected chi connectivity index (χ0v) is 11.2. The minimum atomic E-state index is 0.125. The molecule has 1 aromatic rings. The maximum atomic E-state index is 5.88. The van der Waals surface area contributed by atoms with Crippen LogP contribution in [0.15, 0.2) is 24.3 Å². The van der Waals surface area contributed by atoms with Crippen LogP contribution < -0.4 is 10.6 Å². The molecule has 1 aliphatic heterocycles. The molecule has 1 aromatic carbocycles. The second-order valence-corrected chi connectivity index (χ2v) is 5.42. The lowest BCUT2D eigenvalue weighted by Crippen LogP contribution is -2.43. The van der Waals surface area contributed by atoms with E-state index in [1.807, 2.05) is 6.92 Å². The van der Waals surface area contributed by atoms with Crippen molar-refractivity contribution in [3.63, 3.8) is 0 Å². The van der Waals surface area contributed by atoms with Gasteiger partial charge in [0.2, 0.25) is 0 Å². The Kier molecular flexibility index (Phi) is 3.72. The van der Waals surface area contributed by atoms with Gasteiger partial charge in [0.25, 0.3) is 0 Å². The molecule has 2 heteroatoms. The molecule has 3 atom stereocenters. The molecule has 0 bridgehead atoms. The molecule has 2 N–H and O–H groups in total. The van der Waals surface area contributed by atoms with Crippen molar-refractivity contribution in [2.45, 2.75) is 58.2 Å². The van der Waals surface area contributed by atoms with Gasteiger partial charge in [-0.25, -0.2) is 0 Å². The molecule has 0 spiro atoms. The van der Waals surface area contributed by atoms with Crippen LogP contribution in [-0.4, -0.2) is 12.1 Å². The number of nitrogens with zero attached hydrogens (tertiary/aromatic N) is 1. The van der Waals surface area contributed by atoms with E-state index in [2.05, 4.69) is 43.0 Å². The van der Waals surface area contributed by atoms with Gasteiger partial charge in [0.1, 0.15) is 0 Å². The Bertz CT molecular complexity index is 346. The SMILES string of the molecule is CC(N)c1ccc(N2C(C)CCCC2C)cc1. The standard InChI is InChI=1S/C15H24N2/c1-11-5-4-6-12(2)17(11)15-9-7-14(8-10-15)13(3)16/h7-13H,4-6,16H2,1-3H3. The number of anilines is 1. The molecule has 3 unspecified atom stereocenters. The highest BCUT2D eigenvalue weighted by Crippen LogP contribution is 2.29. The van der Waals surface area contributed by atoms with Crippen molar-refractivity contribution in [1.29, 1.82) is 0 Å². The van der Waals surface area contributed by atoms with E-state index < -0.39 is 0 Å².